The minimum atomic E-state index is 0.470. The maximum Gasteiger partial charge on any atom is 0.126 e. The fourth-order valence-electron chi connectivity index (χ4n) is 1.75. The number of nitrogens with zero attached hydrogens (tertiary/aromatic N) is 2. The van der Waals surface area contributed by atoms with Gasteiger partial charge >= 0.3 is 0 Å². The first kappa shape index (κ1) is 12.8. The molecular formula is C13H23N3. The lowest BCUT2D eigenvalue weighted by molar-refractivity contribution is 0.539. The molecule has 1 atom stereocenters. The number of rotatable bonds is 5. The van der Waals surface area contributed by atoms with E-state index in [1.807, 2.05) is 31.3 Å². The molecule has 90 valence electrons. The van der Waals surface area contributed by atoms with Crippen molar-refractivity contribution in [3.63, 3.8) is 0 Å². The molecule has 1 aromatic heterocycles. The van der Waals surface area contributed by atoms with Crippen LogP contribution in [-0.2, 0) is 0 Å². The first-order valence-corrected chi connectivity index (χ1v) is 5.89. The molecule has 0 aromatic carbocycles. The summed E-state index contributed by atoms with van der Waals surface area (Å²) in [5.41, 5.74) is 1.13. The number of hydrogen-bond donors (Lipinski definition) is 1. The lowest BCUT2D eigenvalue weighted by Gasteiger charge is -2.17. The lowest BCUT2D eigenvalue weighted by Crippen LogP contribution is -2.18. The van der Waals surface area contributed by atoms with Crippen LogP contribution in [0.15, 0.2) is 18.3 Å². The van der Waals surface area contributed by atoms with Crippen LogP contribution in [0.3, 0.4) is 0 Å². The summed E-state index contributed by atoms with van der Waals surface area (Å²) in [4.78, 5) is 6.44. The Morgan fingerprint density at radius 3 is 2.38 bits per heavy atom. The van der Waals surface area contributed by atoms with Crippen LogP contribution in [0, 0.1) is 5.92 Å². The van der Waals surface area contributed by atoms with E-state index in [1.54, 1.807) is 0 Å². The molecule has 0 fully saturated rings. The molecule has 16 heavy (non-hydrogen) atoms. The number of aromatic nitrogens is 1. The number of nitrogens with one attached hydrogen (secondary N) is 1. The Hall–Kier alpha value is -1.25. The van der Waals surface area contributed by atoms with Crippen molar-refractivity contribution in [1.82, 2.24) is 4.98 Å². The molecule has 0 aliphatic rings. The normalized spacial score (nSPS) is 12.6. The van der Waals surface area contributed by atoms with Gasteiger partial charge in [-0.25, -0.2) is 4.98 Å². The van der Waals surface area contributed by atoms with E-state index in [1.165, 1.54) is 0 Å². The van der Waals surface area contributed by atoms with Gasteiger partial charge in [0.2, 0.25) is 0 Å². The highest BCUT2D eigenvalue weighted by Crippen LogP contribution is 2.14. The Labute approximate surface area is 98.9 Å². The summed E-state index contributed by atoms with van der Waals surface area (Å²) in [6.07, 6.45) is 3.06. The van der Waals surface area contributed by atoms with Gasteiger partial charge in [-0.2, -0.15) is 0 Å². The number of anilines is 2. The highest BCUT2D eigenvalue weighted by molar-refractivity contribution is 5.48. The summed E-state index contributed by atoms with van der Waals surface area (Å²) in [6.45, 7) is 6.67. The van der Waals surface area contributed by atoms with Gasteiger partial charge in [0.05, 0.1) is 11.9 Å². The molecule has 3 nitrogen and oxygen atoms in total. The highest BCUT2D eigenvalue weighted by Gasteiger charge is 2.05. The van der Waals surface area contributed by atoms with Crippen LogP contribution < -0.4 is 10.2 Å². The molecule has 0 bridgehead atoms. The van der Waals surface area contributed by atoms with Crippen molar-refractivity contribution in [3.8, 4) is 0 Å². The van der Waals surface area contributed by atoms with Gasteiger partial charge in [0.15, 0.2) is 0 Å². The van der Waals surface area contributed by atoms with Gasteiger partial charge in [0, 0.05) is 20.1 Å². The third-order valence-electron chi connectivity index (χ3n) is 2.48. The maximum atomic E-state index is 4.39. The van der Waals surface area contributed by atoms with Gasteiger partial charge in [-0.15, -0.1) is 0 Å². The van der Waals surface area contributed by atoms with E-state index < -0.39 is 0 Å². The molecule has 0 aliphatic carbocycles. The zero-order valence-corrected chi connectivity index (χ0v) is 11.0. The van der Waals surface area contributed by atoms with Crippen LogP contribution in [0.5, 0.6) is 0 Å². The molecular weight excluding hydrogens is 198 g/mol. The first-order chi connectivity index (χ1) is 7.49. The summed E-state index contributed by atoms with van der Waals surface area (Å²) in [7, 11) is 4.04. The van der Waals surface area contributed by atoms with Gasteiger partial charge in [-0.3, -0.25) is 0 Å². The van der Waals surface area contributed by atoms with Crippen LogP contribution in [-0.4, -0.2) is 25.1 Å². The molecule has 0 saturated carbocycles. The largest absolute Gasteiger partial charge is 0.376 e. The molecule has 1 unspecified atom stereocenters. The molecule has 3 heteroatoms. The molecule has 1 rings (SSSR count). The fraction of sp³-hybridized carbons (Fsp3) is 0.615. The van der Waals surface area contributed by atoms with E-state index in [2.05, 4.69) is 37.1 Å². The van der Waals surface area contributed by atoms with Gasteiger partial charge in [-0.05, 0) is 31.4 Å². The zero-order valence-electron chi connectivity index (χ0n) is 11.0. The van der Waals surface area contributed by atoms with Crippen LogP contribution in [0.1, 0.15) is 27.2 Å². The summed E-state index contributed by atoms with van der Waals surface area (Å²) in [5.74, 6) is 1.67. The maximum absolute atomic E-state index is 4.39. The van der Waals surface area contributed by atoms with Crippen molar-refractivity contribution in [2.45, 2.75) is 33.2 Å². The topological polar surface area (TPSA) is 28.2 Å². The van der Waals surface area contributed by atoms with Crippen LogP contribution >= 0.6 is 0 Å². The monoisotopic (exact) mass is 221 g/mol. The first-order valence-electron chi connectivity index (χ1n) is 5.89. The molecule has 0 aliphatic heterocycles. The van der Waals surface area contributed by atoms with Crippen LogP contribution in [0.25, 0.3) is 0 Å². The van der Waals surface area contributed by atoms with Crippen molar-refractivity contribution in [1.29, 1.82) is 0 Å². The van der Waals surface area contributed by atoms with Gasteiger partial charge in [-0.1, -0.05) is 13.8 Å². The van der Waals surface area contributed by atoms with E-state index in [9.17, 15) is 0 Å². The quantitative estimate of drug-likeness (QED) is 0.828. The third kappa shape index (κ3) is 4.09. The Kier molecular flexibility index (Phi) is 4.59. The molecule has 1 heterocycles. The van der Waals surface area contributed by atoms with Crippen LogP contribution in [0.2, 0.25) is 0 Å². The SMILES string of the molecule is CC(C)CC(C)Nc1ccc(N(C)C)cn1. The second-order valence-corrected chi connectivity index (χ2v) is 4.97. The molecule has 0 amide bonds. The Balaban J connectivity index is 2.55. The summed E-state index contributed by atoms with van der Waals surface area (Å²) >= 11 is 0. The molecule has 0 saturated heterocycles. The van der Waals surface area contributed by atoms with Gasteiger partial charge in [0.25, 0.3) is 0 Å². The predicted molar refractivity (Wildman–Crippen MR) is 71.1 cm³/mol. The lowest BCUT2D eigenvalue weighted by atomic mass is 10.1. The minimum Gasteiger partial charge on any atom is -0.376 e. The van der Waals surface area contributed by atoms with Crippen LogP contribution in [0.4, 0.5) is 11.5 Å². The molecule has 0 radical (unpaired) electrons. The van der Waals surface area contributed by atoms with Gasteiger partial charge < -0.3 is 10.2 Å². The number of pyridine rings is 1. The zero-order chi connectivity index (χ0) is 12.1. The Bertz CT molecular complexity index is 303. The van der Waals surface area contributed by atoms with Gasteiger partial charge in [0.1, 0.15) is 5.82 Å². The molecule has 1 aromatic rings. The summed E-state index contributed by atoms with van der Waals surface area (Å²) < 4.78 is 0. The average Bonchev–Trinajstić information content (AvgIpc) is 2.16. The van der Waals surface area contributed by atoms with E-state index in [0.717, 1.165) is 17.9 Å². The summed E-state index contributed by atoms with van der Waals surface area (Å²) in [5, 5.41) is 3.41. The van der Waals surface area contributed by atoms with Crippen molar-refractivity contribution in [2.75, 3.05) is 24.3 Å². The van der Waals surface area contributed by atoms with E-state index in [-0.39, 0.29) is 0 Å². The average molecular weight is 221 g/mol. The van der Waals surface area contributed by atoms with E-state index in [4.69, 9.17) is 0 Å². The van der Waals surface area contributed by atoms with E-state index in [0.29, 0.717) is 12.0 Å². The smallest absolute Gasteiger partial charge is 0.126 e. The standard InChI is InChI=1S/C13H23N3/c1-10(2)8-11(3)15-13-7-6-12(9-14-13)16(4)5/h6-7,9-11H,8H2,1-5H3,(H,14,15). The Morgan fingerprint density at radius 1 is 1.25 bits per heavy atom. The summed E-state index contributed by atoms with van der Waals surface area (Å²) in [6, 6.07) is 4.58. The second kappa shape index (κ2) is 5.73. The van der Waals surface area contributed by atoms with Crippen molar-refractivity contribution >= 4 is 11.5 Å². The van der Waals surface area contributed by atoms with Crippen molar-refractivity contribution < 1.29 is 0 Å². The van der Waals surface area contributed by atoms with Crippen molar-refractivity contribution in [3.05, 3.63) is 18.3 Å². The van der Waals surface area contributed by atoms with E-state index >= 15 is 0 Å². The highest BCUT2D eigenvalue weighted by atomic mass is 15.1. The van der Waals surface area contributed by atoms with Crippen molar-refractivity contribution in [2.24, 2.45) is 5.92 Å². The Morgan fingerprint density at radius 2 is 1.94 bits per heavy atom. The second-order valence-electron chi connectivity index (χ2n) is 4.97. The molecule has 1 N–H and O–H groups in total. The fourth-order valence-corrected chi connectivity index (χ4v) is 1.75. The minimum absolute atomic E-state index is 0.470. The number of hydrogen-bond acceptors (Lipinski definition) is 3. The predicted octanol–water partition coefficient (Wildman–Crippen LogP) is 2.99. The molecule has 0 spiro atoms. The third-order valence-corrected chi connectivity index (χ3v) is 2.48.